The fraction of sp³-hybridized carbons (Fsp3) is 0.300. The zero-order valence-electron chi connectivity index (χ0n) is 14.6. The number of carbonyl (C=O) groups is 1. The number of aliphatic carboxylic acids is 1. The average Bonchev–Trinajstić information content (AvgIpc) is 2.66. The molecule has 0 saturated carbocycles. The second kappa shape index (κ2) is 11.5. The molecule has 0 aliphatic carbocycles. The van der Waals surface area contributed by atoms with Gasteiger partial charge in [0.2, 0.25) is 0 Å². The zero-order chi connectivity index (χ0) is 18.5. The van der Waals surface area contributed by atoms with Crippen molar-refractivity contribution in [1.29, 1.82) is 5.26 Å². The van der Waals surface area contributed by atoms with E-state index in [-0.39, 0.29) is 6.42 Å². The molecule has 0 saturated heterocycles. The van der Waals surface area contributed by atoms with Gasteiger partial charge in [0, 0.05) is 12.8 Å². The third-order valence-corrected chi connectivity index (χ3v) is 3.47. The molecule has 0 atom stereocenters. The molecule has 0 fully saturated rings. The number of methoxy groups -OCH3 is 2. The Bertz CT molecular complexity index is 672. The van der Waals surface area contributed by atoms with E-state index in [4.69, 9.17) is 19.8 Å². The summed E-state index contributed by atoms with van der Waals surface area (Å²) in [6.07, 6.45) is 2.14. The highest BCUT2D eigenvalue weighted by molar-refractivity contribution is 5.67. The van der Waals surface area contributed by atoms with Gasteiger partial charge in [-0.2, -0.15) is 5.26 Å². The first-order valence-electron chi connectivity index (χ1n) is 7.93. The van der Waals surface area contributed by atoms with Crippen LogP contribution in [0, 0.1) is 11.3 Å². The number of hydrogen-bond donors (Lipinski definition) is 1. The molecule has 1 N–H and O–H groups in total. The van der Waals surface area contributed by atoms with E-state index in [2.05, 4.69) is 6.07 Å². The van der Waals surface area contributed by atoms with Crippen molar-refractivity contribution < 1.29 is 19.4 Å². The number of rotatable bonds is 7. The molecule has 0 spiro atoms. The van der Waals surface area contributed by atoms with Crippen LogP contribution in [-0.2, 0) is 17.6 Å². The van der Waals surface area contributed by atoms with Crippen molar-refractivity contribution in [3.63, 3.8) is 0 Å². The molecule has 0 heterocycles. The van der Waals surface area contributed by atoms with E-state index in [0.717, 1.165) is 23.5 Å². The Labute approximate surface area is 148 Å². The fourth-order valence-corrected chi connectivity index (χ4v) is 2.04. The van der Waals surface area contributed by atoms with Crippen LogP contribution < -0.4 is 9.47 Å². The van der Waals surface area contributed by atoms with Crippen molar-refractivity contribution in [3.8, 4) is 17.6 Å². The molecule has 2 aromatic carbocycles. The van der Waals surface area contributed by atoms with Gasteiger partial charge in [-0.3, -0.25) is 4.79 Å². The Kier molecular flexibility index (Phi) is 9.24. The van der Waals surface area contributed by atoms with Gasteiger partial charge >= 0.3 is 5.97 Å². The maximum absolute atomic E-state index is 10.3. The Morgan fingerprint density at radius 2 is 1.36 bits per heavy atom. The number of carboxylic acids is 1. The third kappa shape index (κ3) is 8.42. The van der Waals surface area contributed by atoms with Gasteiger partial charge in [0.05, 0.1) is 20.3 Å². The van der Waals surface area contributed by atoms with E-state index >= 15 is 0 Å². The Morgan fingerprint density at radius 3 is 1.72 bits per heavy atom. The lowest BCUT2D eigenvalue weighted by molar-refractivity contribution is -0.136. The number of carboxylic acid groups (broad SMARTS) is 1. The molecule has 2 rings (SSSR count). The summed E-state index contributed by atoms with van der Waals surface area (Å²) in [5.41, 5.74) is 2.19. The van der Waals surface area contributed by atoms with Crippen molar-refractivity contribution in [2.24, 2.45) is 0 Å². The van der Waals surface area contributed by atoms with Crippen molar-refractivity contribution in [3.05, 3.63) is 59.7 Å². The van der Waals surface area contributed by atoms with Crippen molar-refractivity contribution in [2.45, 2.75) is 25.7 Å². The van der Waals surface area contributed by atoms with Crippen LogP contribution in [0.3, 0.4) is 0 Å². The van der Waals surface area contributed by atoms with Gasteiger partial charge in [0.1, 0.15) is 11.5 Å². The van der Waals surface area contributed by atoms with Crippen LogP contribution in [0.4, 0.5) is 0 Å². The molecule has 0 radical (unpaired) electrons. The van der Waals surface area contributed by atoms with Gasteiger partial charge in [0.15, 0.2) is 0 Å². The van der Waals surface area contributed by atoms with E-state index in [9.17, 15) is 4.79 Å². The first kappa shape index (κ1) is 20.0. The number of nitrogens with zero attached hydrogens (tertiary/aromatic N) is 1. The molecular formula is C20H23NO4. The third-order valence-electron chi connectivity index (χ3n) is 3.47. The summed E-state index contributed by atoms with van der Waals surface area (Å²) in [4.78, 5) is 10.3. The van der Waals surface area contributed by atoms with Gasteiger partial charge in [-0.05, 0) is 48.2 Å². The average molecular weight is 341 g/mol. The number of ether oxygens (including phenoxy) is 2. The molecule has 0 bridgehead atoms. The molecule has 0 aromatic heterocycles. The highest BCUT2D eigenvalue weighted by Gasteiger charge is 1.98. The minimum absolute atomic E-state index is 0.173. The summed E-state index contributed by atoms with van der Waals surface area (Å²) in [5, 5.41) is 16.8. The standard InChI is InChI=1S/C10H11NO.C10H12O3/c1-12-10-6-4-9(5-7-10)3-2-8-11;1-13-9-5-2-8(3-6-9)4-7-10(11)12/h4-7H,2-3H2,1H3;2-3,5-6H,4,7H2,1H3,(H,11,12). The summed E-state index contributed by atoms with van der Waals surface area (Å²) in [6, 6.07) is 17.3. The van der Waals surface area contributed by atoms with E-state index in [1.807, 2.05) is 48.5 Å². The maximum atomic E-state index is 10.3. The van der Waals surface area contributed by atoms with Crippen LogP contribution in [0.5, 0.6) is 11.5 Å². The molecular weight excluding hydrogens is 318 g/mol. The first-order valence-corrected chi connectivity index (χ1v) is 7.93. The van der Waals surface area contributed by atoms with E-state index in [1.165, 1.54) is 5.56 Å². The van der Waals surface area contributed by atoms with Crippen molar-refractivity contribution >= 4 is 5.97 Å². The number of hydrogen-bond acceptors (Lipinski definition) is 4. The lowest BCUT2D eigenvalue weighted by Crippen LogP contribution is -1.97. The number of nitriles is 1. The molecule has 0 aliphatic heterocycles. The first-order chi connectivity index (χ1) is 12.1. The second-order valence-corrected chi connectivity index (χ2v) is 5.25. The molecule has 5 nitrogen and oxygen atoms in total. The minimum atomic E-state index is -0.768. The lowest BCUT2D eigenvalue weighted by atomic mass is 10.1. The highest BCUT2D eigenvalue weighted by atomic mass is 16.5. The maximum Gasteiger partial charge on any atom is 0.303 e. The summed E-state index contributed by atoms with van der Waals surface area (Å²) in [6.45, 7) is 0. The van der Waals surface area contributed by atoms with Gasteiger partial charge in [-0.15, -0.1) is 0 Å². The predicted molar refractivity (Wildman–Crippen MR) is 95.9 cm³/mol. The summed E-state index contributed by atoms with van der Waals surface area (Å²) >= 11 is 0. The van der Waals surface area contributed by atoms with E-state index < -0.39 is 5.97 Å². The number of benzene rings is 2. The Hall–Kier alpha value is -3.00. The number of aryl methyl sites for hydroxylation is 2. The quantitative estimate of drug-likeness (QED) is 0.827. The SMILES string of the molecule is COc1ccc(CCC#N)cc1.COc1ccc(CCC(=O)O)cc1. The van der Waals surface area contributed by atoms with Crippen LogP contribution in [0.25, 0.3) is 0 Å². The summed E-state index contributed by atoms with van der Waals surface area (Å²) in [7, 11) is 3.25. The molecule has 25 heavy (non-hydrogen) atoms. The smallest absolute Gasteiger partial charge is 0.303 e. The van der Waals surface area contributed by atoms with Crippen molar-refractivity contribution in [1.82, 2.24) is 0 Å². The zero-order valence-corrected chi connectivity index (χ0v) is 14.6. The normalized spacial score (nSPS) is 9.32. The monoisotopic (exact) mass is 341 g/mol. The molecule has 5 heteroatoms. The van der Waals surface area contributed by atoms with Gasteiger partial charge in [-0.25, -0.2) is 0 Å². The largest absolute Gasteiger partial charge is 0.497 e. The van der Waals surface area contributed by atoms with Crippen LogP contribution in [0.15, 0.2) is 48.5 Å². The molecule has 0 amide bonds. The van der Waals surface area contributed by atoms with Crippen molar-refractivity contribution in [2.75, 3.05) is 14.2 Å². The predicted octanol–water partition coefficient (Wildman–Crippen LogP) is 3.86. The molecule has 132 valence electrons. The minimum Gasteiger partial charge on any atom is -0.497 e. The van der Waals surface area contributed by atoms with Gasteiger partial charge < -0.3 is 14.6 Å². The molecule has 2 aromatic rings. The highest BCUT2D eigenvalue weighted by Crippen LogP contribution is 2.13. The van der Waals surface area contributed by atoms with Gasteiger partial charge in [-0.1, -0.05) is 24.3 Å². The van der Waals surface area contributed by atoms with Crippen LogP contribution in [0.2, 0.25) is 0 Å². The van der Waals surface area contributed by atoms with Crippen LogP contribution >= 0.6 is 0 Å². The van der Waals surface area contributed by atoms with E-state index in [0.29, 0.717) is 12.8 Å². The topological polar surface area (TPSA) is 79.5 Å². The molecule has 0 unspecified atom stereocenters. The molecule has 0 aliphatic rings. The summed E-state index contributed by atoms with van der Waals surface area (Å²) < 4.78 is 9.99. The van der Waals surface area contributed by atoms with Crippen LogP contribution in [0.1, 0.15) is 24.0 Å². The second-order valence-electron chi connectivity index (χ2n) is 5.25. The van der Waals surface area contributed by atoms with E-state index in [1.54, 1.807) is 14.2 Å². The van der Waals surface area contributed by atoms with Crippen LogP contribution in [-0.4, -0.2) is 25.3 Å². The lowest BCUT2D eigenvalue weighted by Gasteiger charge is -2.01. The van der Waals surface area contributed by atoms with Gasteiger partial charge in [0.25, 0.3) is 0 Å². The Morgan fingerprint density at radius 1 is 0.920 bits per heavy atom. The fourth-order valence-electron chi connectivity index (χ4n) is 2.04. The Balaban J connectivity index is 0.000000251. The summed E-state index contributed by atoms with van der Waals surface area (Å²) in [5.74, 6) is 0.880.